The molecule has 1 aliphatic rings. The summed E-state index contributed by atoms with van der Waals surface area (Å²) in [6.07, 6.45) is 4.69. The SMILES string of the molecule is O=c1[nH]c(C2CC=C(c3ccc(F)cc3Cl)CC2)c(Cc2ccccc2)c(=O)[nH]1. The average molecular weight is 411 g/mol. The fourth-order valence-corrected chi connectivity index (χ4v) is 4.23. The molecular formula is C23H20ClFN2O2. The molecule has 1 aromatic heterocycles. The normalized spacial score (nSPS) is 16.5. The van der Waals surface area contributed by atoms with Gasteiger partial charge >= 0.3 is 5.69 Å². The van der Waals surface area contributed by atoms with Crippen LogP contribution in [0.25, 0.3) is 5.57 Å². The molecule has 3 aromatic rings. The number of aromatic nitrogens is 2. The molecule has 0 saturated carbocycles. The third-order valence-corrected chi connectivity index (χ3v) is 5.71. The maximum Gasteiger partial charge on any atom is 0.325 e. The molecule has 6 heteroatoms. The number of rotatable bonds is 4. The molecule has 0 fully saturated rings. The van der Waals surface area contributed by atoms with E-state index in [4.69, 9.17) is 11.6 Å². The molecule has 0 bridgehead atoms. The van der Waals surface area contributed by atoms with Crippen molar-refractivity contribution < 1.29 is 4.39 Å². The van der Waals surface area contributed by atoms with Gasteiger partial charge in [0, 0.05) is 23.6 Å². The van der Waals surface area contributed by atoms with Gasteiger partial charge in [-0.25, -0.2) is 9.18 Å². The van der Waals surface area contributed by atoms with Crippen molar-refractivity contribution in [3.8, 4) is 0 Å². The molecule has 0 amide bonds. The predicted octanol–water partition coefficient (Wildman–Crippen LogP) is 4.80. The molecule has 4 nitrogen and oxygen atoms in total. The van der Waals surface area contributed by atoms with Gasteiger partial charge in [-0.1, -0.05) is 54.1 Å². The van der Waals surface area contributed by atoms with E-state index >= 15 is 0 Å². The molecule has 2 N–H and O–H groups in total. The van der Waals surface area contributed by atoms with Gasteiger partial charge in [0.2, 0.25) is 0 Å². The largest absolute Gasteiger partial charge is 0.325 e. The van der Waals surface area contributed by atoms with Crippen LogP contribution in [0.1, 0.15) is 47.6 Å². The first kappa shape index (κ1) is 19.4. The molecule has 0 spiro atoms. The Morgan fingerprint density at radius 1 is 1.07 bits per heavy atom. The van der Waals surface area contributed by atoms with Crippen LogP contribution in [0.15, 0.2) is 64.2 Å². The maximum absolute atomic E-state index is 13.3. The van der Waals surface area contributed by atoms with Gasteiger partial charge in [0.15, 0.2) is 0 Å². The molecule has 1 heterocycles. The average Bonchev–Trinajstić information content (AvgIpc) is 2.71. The van der Waals surface area contributed by atoms with E-state index in [0.29, 0.717) is 29.1 Å². The number of H-pyrrole nitrogens is 2. The highest BCUT2D eigenvalue weighted by Crippen LogP contribution is 2.38. The third kappa shape index (κ3) is 4.25. The molecule has 148 valence electrons. The summed E-state index contributed by atoms with van der Waals surface area (Å²) in [6, 6.07) is 14.1. The Morgan fingerprint density at radius 3 is 2.55 bits per heavy atom. The van der Waals surface area contributed by atoms with E-state index in [1.807, 2.05) is 30.3 Å². The standard InChI is InChI=1S/C23H20ClFN2O2/c24-20-13-17(25)10-11-18(20)15-6-8-16(9-7-15)21-19(22(28)27-23(29)26-21)12-14-4-2-1-3-5-14/h1-6,10-11,13,16H,7-9,12H2,(H2,26,27,28,29). The van der Waals surface area contributed by atoms with E-state index in [1.165, 1.54) is 12.1 Å². The highest BCUT2D eigenvalue weighted by molar-refractivity contribution is 6.32. The molecule has 0 saturated heterocycles. The molecule has 0 aliphatic heterocycles. The lowest BCUT2D eigenvalue weighted by molar-refractivity contribution is 0.595. The zero-order chi connectivity index (χ0) is 20.4. The number of hydrogen-bond acceptors (Lipinski definition) is 2. The topological polar surface area (TPSA) is 65.7 Å². The van der Waals surface area contributed by atoms with Crippen molar-refractivity contribution in [2.45, 2.75) is 31.6 Å². The van der Waals surface area contributed by atoms with Crippen LogP contribution < -0.4 is 11.2 Å². The summed E-state index contributed by atoms with van der Waals surface area (Å²) in [5.41, 5.74) is 3.36. The second kappa shape index (κ2) is 8.21. The van der Waals surface area contributed by atoms with Crippen LogP contribution >= 0.6 is 11.6 Å². The van der Waals surface area contributed by atoms with Crippen LogP contribution in [0.3, 0.4) is 0 Å². The lowest BCUT2D eigenvalue weighted by Gasteiger charge is -2.24. The molecule has 2 aromatic carbocycles. The zero-order valence-electron chi connectivity index (χ0n) is 15.7. The van der Waals surface area contributed by atoms with E-state index in [2.05, 4.69) is 16.0 Å². The zero-order valence-corrected chi connectivity index (χ0v) is 16.4. The van der Waals surface area contributed by atoms with Crippen LogP contribution in [0, 0.1) is 5.82 Å². The fourth-order valence-electron chi connectivity index (χ4n) is 3.94. The molecule has 29 heavy (non-hydrogen) atoms. The molecular weight excluding hydrogens is 391 g/mol. The Morgan fingerprint density at radius 2 is 1.86 bits per heavy atom. The van der Waals surface area contributed by atoms with E-state index in [-0.39, 0.29) is 17.3 Å². The van der Waals surface area contributed by atoms with Crippen molar-refractivity contribution in [3.05, 3.63) is 109 Å². The number of aromatic amines is 2. The Balaban J connectivity index is 1.65. The smallest absolute Gasteiger partial charge is 0.311 e. The quantitative estimate of drug-likeness (QED) is 0.649. The number of allylic oxidation sites excluding steroid dienone is 2. The van der Waals surface area contributed by atoms with Crippen molar-refractivity contribution in [1.29, 1.82) is 0 Å². The summed E-state index contributed by atoms with van der Waals surface area (Å²) in [7, 11) is 0. The Bertz CT molecular complexity index is 1180. The van der Waals surface area contributed by atoms with Crippen LogP contribution in [0.4, 0.5) is 4.39 Å². The predicted molar refractivity (Wildman–Crippen MR) is 113 cm³/mol. The van der Waals surface area contributed by atoms with Crippen LogP contribution in [0.5, 0.6) is 0 Å². The summed E-state index contributed by atoms with van der Waals surface area (Å²) >= 11 is 6.20. The van der Waals surface area contributed by atoms with Gasteiger partial charge in [0.25, 0.3) is 5.56 Å². The van der Waals surface area contributed by atoms with Crippen molar-refractivity contribution >= 4 is 17.2 Å². The van der Waals surface area contributed by atoms with Gasteiger partial charge in [0.1, 0.15) is 5.82 Å². The minimum Gasteiger partial charge on any atom is -0.311 e. The fraction of sp³-hybridized carbons (Fsp3) is 0.217. The molecule has 0 radical (unpaired) electrons. The highest BCUT2D eigenvalue weighted by atomic mass is 35.5. The summed E-state index contributed by atoms with van der Waals surface area (Å²) in [5.74, 6) is -0.327. The minimum atomic E-state index is -0.488. The van der Waals surface area contributed by atoms with E-state index in [9.17, 15) is 14.0 Å². The number of hydrogen-bond donors (Lipinski definition) is 2. The second-order valence-corrected chi connectivity index (χ2v) is 7.69. The molecule has 1 atom stereocenters. The summed E-state index contributed by atoms with van der Waals surface area (Å²) < 4.78 is 13.3. The van der Waals surface area contributed by atoms with Crippen LogP contribution in [0.2, 0.25) is 5.02 Å². The second-order valence-electron chi connectivity index (χ2n) is 7.29. The van der Waals surface area contributed by atoms with Crippen molar-refractivity contribution in [2.75, 3.05) is 0 Å². The first-order chi connectivity index (χ1) is 14.0. The van der Waals surface area contributed by atoms with Gasteiger partial charge in [0.05, 0.1) is 5.02 Å². The summed E-state index contributed by atoms with van der Waals surface area (Å²) in [4.78, 5) is 29.7. The van der Waals surface area contributed by atoms with E-state index < -0.39 is 5.69 Å². The van der Waals surface area contributed by atoms with E-state index in [0.717, 1.165) is 29.5 Å². The Kier molecular flexibility index (Phi) is 5.49. The third-order valence-electron chi connectivity index (χ3n) is 5.39. The Labute approximate surface area is 172 Å². The van der Waals surface area contributed by atoms with Crippen molar-refractivity contribution in [3.63, 3.8) is 0 Å². The molecule has 1 unspecified atom stereocenters. The molecule has 4 rings (SSSR count). The maximum atomic E-state index is 13.3. The number of nitrogens with one attached hydrogen (secondary N) is 2. The summed E-state index contributed by atoms with van der Waals surface area (Å²) in [5, 5.41) is 0.393. The van der Waals surface area contributed by atoms with Gasteiger partial charge in [-0.05, 0) is 48.1 Å². The van der Waals surface area contributed by atoms with Crippen LogP contribution in [-0.2, 0) is 6.42 Å². The Hall–Kier alpha value is -2.92. The van der Waals surface area contributed by atoms with Crippen molar-refractivity contribution in [1.82, 2.24) is 9.97 Å². The molecule has 1 aliphatic carbocycles. The first-order valence-corrected chi connectivity index (χ1v) is 9.93. The lowest BCUT2D eigenvalue weighted by atomic mass is 9.83. The van der Waals surface area contributed by atoms with Crippen LogP contribution in [-0.4, -0.2) is 9.97 Å². The van der Waals surface area contributed by atoms with Gasteiger partial charge in [-0.3, -0.25) is 9.78 Å². The monoisotopic (exact) mass is 410 g/mol. The highest BCUT2D eigenvalue weighted by Gasteiger charge is 2.23. The van der Waals surface area contributed by atoms with Gasteiger partial charge in [-0.2, -0.15) is 0 Å². The van der Waals surface area contributed by atoms with Gasteiger partial charge in [-0.15, -0.1) is 0 Å². The van der Waals surface area contributed by atoms with Gasteiger partial charge < -0.3 is 4.98 Å². The summed E-state index contributed by atoms with van der Waals surface area (Å²) in [6.45, 7) is 0. The minimum absolute atomic E-state index is 0.0340. The number of halogens is 2. The number of benzene rings is 2. The van der Waals surface area contributed by atoms with E-state index in [1.54, 1.807) is 6.07 Å². The van der Waals surface area contributed by atoms with Crippen molar-refractivity contribution in [2.24, 2.45) is 0 Å². The lowest BCUT2D eigenvalue weighted by Crippen LogP contribution is -2.30. The first-order valence-electron chi connectivity index (χ1n) is 9.55.